The number of anilines is 1. The van der Waals surface area contributed by atoms with E-state index >= 15 is 0 Å². The molecule has 1 fully saturated rings. The average Bonchev–Trinajstić information content (AvgIpc) is 3.11. The van der Waals surface area contributed by atoms with Gasteiger partial charge >= 0.3 is 0 Å². The Bertz CT molecular complexity index is 1440. The van der Waals surface area contributed by atoms with Crippen molar-refractivity contribution in [3.8, 4) is 34.2 Å². The van der Waals surface area contributed by atoms with Crippen LogP contribution in [0.4, 0.5) is 5.82 Å². The molecule has 0 spiro atoms. The Hall–Kier alpha value is -4.28. The third-order valence-electron chi connectivity index (χ3n) is 5.79. The van der Waals surface area contributed by atoms with E-state index in [4.69, 9.17) is 10.7 Å². The van der Waals surface area contributed by atoms with E-state index in [2.05, 4.69) is 21.8 Å². The second kappa shape index (κ2) is 8.01. The zero-order valence-corrected chi connectivity index (χ0v) is 18.0. The van der Waals surface area contributed by atoms with Crippen LogP contribution in [0.15, 0.2) is 67.0 Å². The first-order chi connectivity index (χ1) is 15.9. The quantitative estimate of drug-likeness (QED) is 0.469. The van der Waals surface area contributed by atoms with E-state index in [9.17, 15) is 9.90 Å². The largest absolute Gasteiger partial charge is 0.382 e. The van der Waals surface area contributed by atoms with Crippen molar-refractivity contribution in [2.75, 3.05) is 19.3 Å². The molecule has 0 saturated carbocycles. The van der Waals surface area contributed by atoms with Crippen molar-refractivity contribution in [2.45, 2.75) is 12.0 Å². The lowest BCUT2D eigenvalue weighted by Crippen LogP contribution is -2.37. The van der Waals surface area contributed by atoms with Gasteiger partial charge in [-0.25, -0.2) is 15.0 Å². The fourth-order valence-corrected chi connectivity index (χ4v) is 3.94. The molecule has 1 aliphatic heterocycles. The van der Waals surface area contributed by atoms with Crippen molar-refractivity contribution in [2.24, 2.45) is 0 Å². The van der Waals surface area contributed by atoms with Gasteiger partial charge in [0.15, 0.2) is 5.82 Å². The molecule has 1 atom stereocenters. The van der Waals surface area contributed by atoms with Crippen molar-refractivity contribution in [1.82, 2.24) is 19.9 Å². The Morgan fingerprint density at radius 1 is 1.03 bits per heavy atom. The second-order valence-electron chi connectivity index (χ2n) is 8.04. The zero-order valence-electron chi connectivity index (χ0n) is 18.0. The van der Waals surface area contributed by atoms with Crippen LogP contribution in [0, 0.1) is 11.8 Å². The first kappa shape index (κ1) is 20.6. The molecule has 1 unspecified atom stereocenters. The van der Waals surface area contributed by atoms with Gasteiger partial charge in [0, 0.05) is 36.7 Å². The average molecular weight is 435 g/mol. The van der Waals surface area contributed by atoms with Gasteiger partial charge in [0.05, 0.1) is 5.69 Å². The maximum Gasteiger partial charge on any atom is 0.267 e. The van der Waals surface area contributed by atoms with Crippen molar-refractivity contribution < 1.29 is 9.90 Å². The number of carbonyl (C=O) groups is 1. The van der Waals surface area contributed by atoms with E-state index in [1.807, 2.05) is 60.7 Å². The fraction of sp³-hybridized carbons (Fsp3) is 0.154. The Labute approximate surface area is 190 Å². The van der Waals surface area contributed by atoms with E-state index in [0.717, 1.165) is 16.7 Å². The number of fused-ring (bicyclic) bond motifs is 1. The summed E-state index contributed by atoms with van der Waals surface area (Å²) >= 11 is 0. The van der Waals surface area contributed by atoms with Gasteiger partial charge in [-0.2, -0.15) is 0 Å². The molecular weight excluding hydrogens is 414 g/mol. The van der Waals surface area contributed by atoms with Crippen LogP contribution >= 0.6 is 0 Å². The molecule has 33 heavy (non-hydrogen) atoms. The van der Waals surface area contributed by atoms with Crippen LogP contribution in [0.1, 0.15) is 12.0 Å². The molecule has 2 aromatic heterocycles. The molecule has 1 aliphatic rings. The number of nitrogens with two attached hydrogens (primary N) is 1. The number of aliphatic hydroxyl groups is 1. The molecule has 0 aliphatic carbocycles. The second-order valence-corrected chi connectivity index (χ2v) is 8.04. The van der Waals surface area contributed by atoms with E-state index < -0.39 is 5.60 Å². The fourth-order valence-electron chi connectivity index (χ4n) is 3.94. The van der Waals surface area contributed by atoms with Gasteiger partial charge in [0.25, 0.3) is 5.91 Å². The van der Waals surface area contributed by atoms with Gasteiger partial charge in [-0.3, -0.25) is 4.79 Å². The van der Waals surface area contributed by atoms with Crippen LogP contribution in [0.25, 0.3) is 33.4 Å². The van der Waals surface area contributed by atoms with Crippen LogP contribution in [-0.2, 0) is 4.79 Å². The van der Waals surface area contributed by atoms with Gasteiger partial charge < -0.3 is 15.7 Å². The molecule has 1 amide bonds. The van der Waals surface area contributed by atoms with Gasteiger partial charge in [-0.15, -0.1) is 0 Å². The summed E-state index contributed by atoms with van der Waals surface area (Å²) in [4.78, 5) is 27.0. The van der Waals surface area contributed by atoms with Gasteiger partial charge in [0.2, 0.25) is 5.60 Å². The molecule has 7 heteroatoms. The maximum absolute atomic E-state index is 12.2. The monoisotopic (exact) mass is 435 g/mol. The number of rotatable bonds is 2. The van der Waals surface area contributed by atoms with Crippen LogP contribution in [0.5, 0.6) is 0 Å². The van der Waals surface area contributed by atoms with Gasteiger partial charge in [-0.1, -0.05) is 54.3 Å². The number of carbonyl (C=O) groups excluding carboxylic acids is 1. The van der Waals surface area contributed by atoms with E-state index in [-0.39, 0.29) is 5.91 Å². The highest BCUT2D eigenvalue weighted by Crippen LogP contribution is 2.32. The van der Waals surface area contributed by atoms with Crippen molar-refractivity contribution in [1.29, 1.82) is 0 Å². The number of amides is 1. The predicted molar refractivity (Wildman–Crippen MR) is 127 cm³/mol. The molecule has 1 saturated heterocycles. The molecule has 3 N–H and O–H groups in total. The lowest BCUT2D eigenvalue weighted by Gasteiger charge is -2.13. The Morgan fingerprint density at radius 3 is 2.58 bits per heavy atom. The number of nitrogens with zero attached hydrogens (tertiary/aromatic N) is 4. The van der Waals surface area contributed by atoms with Gasteiger partial charge in [0.1, 0.15) is 17.4 Å². The molecule has 162 valence electrons. The number of aromatic nitrogens is 3. The summed E-state index contributed by atoms with van der Waals surface area (Å²) in [6.45, 7) is 0.483. The maximum atomic E-state index is 12.2. The van der Waals surface area contributed by atoms with Crippen LogP contribution in [0.2, 0.25) is 0 Å². The van der Waals surface area contributed by atoms with E-state index in [1.165, 1.54) is 11.2 Å². The molecule has 0 radical (unpaired) electrons. The Balaban J connectivity index is 1.61. The smallest absolute Gasteiger partial charge is 0.267 e. The molecular formula is C26H21N5O2. The summed E-state index contributed by atoms with van der Waals surface area (Å²) in [7, 11) is 1.66. The first-order valence-corrected chi connectivity index (χ1v) is 10.5. The van der Waals surface area contributed by atoms with Crippen molar-refractivity contribution >= 4 is 22.8 Å². The number of hydrogen-bond acceptors (Lipinski definition) is 6. The molecule has 4 aromatic rings. The summed E-state index contributed by atoms with van der Waals surface area (Å²) in [6, 6.07) is 19.4. The summed E-state index contributed by atoms with van der Waals surface area (Å²) < 4.78 is 0. The molecule has 5 rings (SSSR count). The van der Waals surface area contributed by atoms with Crippen LogP contribution in [-0.4, -0.2) is 50.1 Å². The summed E-state index contributed by atoms with van der Waals surface area (Å²) in [5, 5.41) is 10.6. The third kappa shape index (κ3) is 3.77. The lowest BCUT2D eigenvalue weighted by atomic mass is 9.99. The SMILES string of the molecule is CN1CCC(O)(C#Cc2cccc(-c3cc(-c4ccccc4)c4ncnc(N)c4n3)c2)C1=O. The number of likely N-dealkylation sites (tertiary alicyclic amines) is 1. The molecule has 2 aromatic carbocycles. The number of hydrogen-bond donors (Lipinski definition) is 2. The minimum Gasteiger partial charge on any atom is -0.382 e. The van der Waals surface area contributed by atoms with E-state index in [0.29, 0.717) is 41.1 Å². The number of pyridine rings is 1. The third-order valence-corrected chi connectivity index (χ3v) is 5.79. The molecule has 3 heterocycles. The summed E-state index contributed by atoms with van der Waals surface area (Å²) in [5.41, 5.74) is 9.78. The van der Waals surface area contributed by atoms with Crippen LogP contribution < -0.4 is 5.73 Å². The zero-order chi connectivity index (χ0) is 23.0. The summed E-state index contributed by atoms with van der Waals surface area (Å²) in [5.74, 6) is 5.66. The highest BCUT2D eigenvalue weighted by atomic mass is 16.3. The van der Waals surface area contributed by atoms with E-state index in [1.54, 1.807) is 7.05 Å². The standard InChI is InChI=1S/C26H21N5O2/c1-31-13-12-26(33,25(31)32)11-10-17-6-5-9-19(14-17)21-15-20(18-7-3-2-4-8-18)22-23(30-21)24(27)29-16-28-22/h2-9,14-16,33H,12-13H2,1H3,(H2,27,28,29). The molecule has 0 bridgehead atoms. The highest BCUT2D eigenvalue weighted by molar-refractivity contribution is 5.98. The lowest BCUT2D eigenvalue weighted by molar-refractivity contribution is -0.137. The Morgan fingerprint density at radius 2 is 1.82 bits per heavy atom. The predicted octanol–water partition coefficient (Wildman–Crippen LogP) is 2.89. The van der Waals surface area contributed by atoms with Gasteiger partial charge in [-0.05, 0) is 23.8 Å². The number of likely N-dealkylation sites (N-methyl/N-ethyl adjacent to an activating group) is 1. The normalized spacial score (nSPS) is 17.8. The Kier molecular flexibility index (Phi) is 5.00. The number of benzene rings is 2. The van der Waals surface area contributed by atoms with Crippen molar-refractivity contribution in [3.63, 3.8) is 0 Å². The van der Waals surface area contributed by atoms with Crippen molar-refractivity contribution in [3.05, 3.63) is 72.6 Å². The number of nitrogen functional groups attached to an aromatic ring is 1. The minimum atomic E-state index is -1.64. The topological polar surface area (TPSA) is 105 Å². The highest BCUT2D eigenvalue weighted by Gasteiger charge is 2.42. The minimum absolute atomic E-state index is 0.293. The summed E-state index contributed by atoms with van der Waals surface area (Å²) in [6.07, 6.45) is 1.73. The first-order valence-electron chi connectivity index (χ1n) is 10.5. The molecule has 7 nitrogen and oxygen atoms in total. The van der Waals surface area contributed by atoms with Crippen LogP contribution in [0.3, 0.4) is 0 Å².